The maximum absolute atomic E-state index is 6.69. The van der Waals surface area contributed by atoms with Crippen molar-refractivity contribution in [1.29, 1.82) is 0 Å². The van der Waals surface area contributed by atoms with Crippen molar-refractivity contribution < 1.29 is 0 Å². The summed E-state index contributed by atoms with van der Waals surface area (Å²) < 4.78 is 0. The van der Waals surface area contributed by atoms with Gasteiger partial charge in [0.2, 0.25) is 0 Å². The third kappa shape index (κ3) is 2.93. The van der Waals surface area contributed by atoms with Gasteiger partial charge < -0.3 is 9.80 Å². The summed E-state index contributed by atoms with van der Waals surface area (Å²) in [5.74, 6) is 0. The molecule has 0 bridgehead atoms. The van der Waals surface area contributed by atoms with Crippen molar-refractivity contribution in [1.82, 2.24) is 0 Å². The van der Waals surface area contributed by atoms with Gasteiger partial charge in [0.05, 0.1) is 5.38 Å². The Morgan fingerprint density at radius 3 is 2.50 bits per heavy atom. The Bertz CT molecular complexity index is 636. The first-order valence-electron chi connectivity index (χ1n) is 7.82. The molecule has 2 nitrogen and oxygen atoms in total. The molecule has 0 spiro atoms. The fraction of sp³-hybridized carbons (Fsp3) is 0.368. The Hall–Kier alpha value is -1.67. The van der Waals surface area contributed by atoms with Gasteiger partial charge in [-0.15, -0.1) is 11.6 Å². The van der Waals surface area contributed by atoms with Crippen LogP contribution in [-0.2, 0) is 6.42 Å². The third-order valence-electron chi connectivity index (χ3n) is 4.48. The maximum atomic E-state index is 6.69. The summed E-state index contributed by atoms with van der Waals surface area (Å²) in [4.78, 5) is 4.54. The molecule has 2 aromatic rings. The van der Waals surface area contributed by atoms with E-state index < -0.39 is 0 Å². The molecule has 116 valence electrons. The fourth-order valence-corrected chi connectivity index (χ4v) is 3.46. The highest BCUT2D eigenvalue weighted by atomic mass is 35.5. The van der Waals surface area contributed by atoms with Gasteiger partial charge >= 0.3 is 0 Å². The Morgan fingerprint density at radius 1 is 1.14 bits per heavy atom. The number of hydrogen-bond donors (Lipinski definition) is 0. The van der Waals surface area contributed by atoms with Crippen LogP contribution in [0.3, 0.4) is 0 Å². The monoisotopic (exact) mass is 314 g/mol. The lowest BCUT2D eigenvalue weighted by Crippen LogP contribution is -2.32. The number of para-hydroxylation sites is 1. The fourth-order valence-electron chi connectivity index (χ4n) is 3.17. The average molecular weight is 315 g/mol. The molecule has 3 rings (SSSR count). The number of rotatable bonds is 4. The van der Waals surface area contributed by atoms with Gasteiger partial charge in [0.25, 0.3) is 0 Å². The lowest BCUT2D eigenvalue weighted by atomic mass is 10.1. The van der Waals surface area contributed by atoms with Crippen molar-refractivity contribution in [2.24, 2.45) is 0 Å². The smallest absolute Gasteiger partial charge is 0.0760 e. The summed E-state index contributed by atoms with van der Waals surface area (Å²) in [7, 11) is 4.10. The molecule has 1 aliphatic heterocycles. The van der Waals surface area contributed by atoms with E-state index in [9.17, 15) is 0 Å². The van der Waals surface area contributed by atoms with E-state index in [0.29, 0.717) is 6.04 Å². The molecule has 0 saturated heterocycles. The van der Waals surface area contributed by atoms with Gasteiger partial charge in [-0.05, 0) is 42.7 Å². The zero-order valence-corrected chi connectivity index (χ0v) is 14.2. The van der Waals surface area contributed by atoms with Crippen LogP contribution < -0.4 is 9.80 Å². The topological polar surface area (TPSA) is 6.48 Å². The van der Waals surface area contributed by atoms with E-state index in [-0.39, 0.29) is 5.38 Å². The summed E-state index contributed by atoms with van der Waals surface area (Å²) in [6.07, 6.45) is 1.11. The molecule has 0 N–H and O–H groups in total. The largest absolute Gasteiger partial charge is 0.378 e. The average Bonchev–Trinajstić information content (AvgIpc) is 2.83. The van der Waals surface area contributed by atoms with Gasteiger partial charge in [-0.25, -0.2) is 0 Å². The van der Waals surface area contributed by atoms with Crippen molar-refractivity contribution in [2.75, 3.05) is 30.4 Å². The van der Waals surface area contributed by atoms with Crippen LogP contribution in [0.2, 0.25) is 0 Å². The molecule has 0 radical (unpaired) electrons. The standard InChI is InChI=1S/C19H23ClN2/c1-14-12-16-6-4-5-7-19(16)22(14)13-18(20)15-8-10-17(11-9-15)21(2)3/h4-11,14,18H,12-13H2,1-3H3. The van der Waals surface area contributed by atoms with Crippen LogP contribution in [0.1, 0.15) is 23.4 Å². The van der Waals surface area contributed by atoms with Crippen molar-refractivity contribution in [3.05, 3.63) is 59.7 Å². The van der Waals surface area contributed by atoms with E-state index in [1.165, 1.54) is 22.5 Å². The minimum atomic E-state index is 0.00446. The van der Waals surface area contributed by atoms with Crippen LogP contribution in [-0.4, -0.2) is 26.7 Å². The highest BCUT2D eigenvalue weighted by Crippen LogP contribution is 2.35. The Labute approximate surface area is 138 Å². The Balaban J connectivity index is 1.75. The predicted octanol–water partition coefficient (Wildman–Crippen LogP) is 4.48. The summed E-state index contributed by atoms with van der Waals surface area (Å²) in [5.41, 5.74) is 5.16. The predicted molar refractivity (Wildman–Crippen MR) is 96.3 cm³/mol. The summed E-state index contributed by atoms with van der Waals surface area (Å²) >= 11 is 6.69. The van der Waals surface area contributed by atoms with Crippen LogP contribution in [0.25, 0.3) is 0 Å². The number of halogens is 1. The lowest BCUT2D eigenvalue weighted by Gasteiger charge is -2.27. The zero-order chi connectivity index (χ0) is 15.7. The second-order valence-corrected chi connectivity index (χ2v) is 6.81. The molecule has 1 aliphatic rings. The molecule has 0 fully saturated rings. The SMILES string of the molecule is CC1Cc2ccccc2N1CC(Cl)c1ccc(N(C)C)cc1. The molecule has 2 unspecified atom stereocenters. The van der Waals surface area contributed by atoms with Crippen LogP contribution in [0.5, 0.6) is 0 Å². The Kier molecular flexibility index (Phi) is 4.30. The number of anilines is 2. The van der Waals surface area contributed by atoms with Gasteiger partial charge in [0.1, 0.15) is 0 Å². The van der Waals surface area contributed by atoms with Gasteiger partial charge in [-0.3, -0.25) is 0 Å². The van der Waals surface area contributed by atoms with E-state index in [1.807, 2.05) is 0 Å². The molecule has 0 aromatic heterocycles. The van der Waals surface area contributed by atoms with Gasteiger partial charge in [-0.1, -0.05) is 30.3 Å². The summed E-state index contributed by atoms with van der Waals surface area (Å²) in [6, 6.07) is 17.7. The Morgan fingerprint density at radius 2 is 1.82 bits per heavy atom. The minimum absolute atomic E-state index is 0.00446. The van der Waals surface area contributed by atoms with E-state index in [4.69, 9.17) is 11.6 Å². The number of fused-ring (bicyclic) bond motifs is 1. The first kappa shape index (κ1) is 15.2. The van der Waals surface area contributed by atoms with Crippen molar-refractivity contribution in [3.63, 3.8) is 0 Å². The van der Waals surface area contributed by atoms with Crippen LogP contribution in [0, 0.1) is 0 Å². The second-order valence-electron chi connectivity index (χ2n) is 6.29. The molecular weight excluding hydrogens is 292 g/mol. The molecule has 0 saturated carbocycles. The van der Waals surface area contributed by atoms with Crippen LogP contribution in [0.15, 0.2) is 48.5 Å². The number of benzene rings is 2. The molecule has 22 heavy (non-hydrogen) atoms. The van der Waals surface area contributed by atoms with Crippen molar-refractivity contribution in [2.45, 2.75) is 24.8 Å². The van der Waals surface area contributed by atoms with Gasteiger partial charge in [0, 0.05) is 38.1 Å². The zero-order valence-electron chi connectivity index (χ0n) is 13.5. The van der Waals surface area contributed by atoms with Crippen molar-refractivity contribution >= 4 is 23.0 Å². The highest BCUT2D eigenvalue weighted by molar-refractivity contribution is 6.21. The summed E-state index contributed by atoms with van der Waals surface area (Å²) in [5, 5.41) is 0.00446. The summed E-state index contributed by atoms with van der Waals surface area (Å²) in [6.45, 7) is 3.12. The van der Waals surface area contributed by atoms with Crippen molar-refractivity contribution in [3.8, 4) is 0 Å². The minimum Gasteiger partial charge on any atom is -0.378 e. The van der Waals surface area contributed by atoms with E-state index >= 15 is 0 Å². The lowest BCUT2D eigenvalue weighted by molar-refractivity contribution is 0.662. The molecule has 2 aromatic carbocycles. The molecule has 0 aliphatic carbocycles. The third-order valence-corrected chi connectivity index (χ3v) is 4.87. The maximum Gasteiger partial charge on any atom is 0.0760 e. The molecule has 0 amide bonds. The highest BCUT2D eigenvalue weighted by Gasteiger charge is 2.27. The molecule has 1 heterocycles. The van der Waals surface area contributed by atoms with E-state index in [0.717, 1.165) is 13.0 Å². The number of alkyl halides is 1. The number of nitrogens with zero attached hydrogens (tertiary/aromatic N) is 2. The van der Waals surface area contributed by atoms with Gasteiger partial charge in [-0.2, -0.15) is 0 Å². The first-order chi connectivity index (χ1) is 10.6. The van der Waals surface area contributed by atoms with E-state index in [2.05, 4.69) is 79.3 Å². The molecule has 2 atom stereocenters. The number of hydrogen-bond acceptors (Lipinski definition) is 2. The quantitative estimate of drug-likeness (QED) is 0.768. The van der Waals surface area contributed by atoms with Crippen LogP contribution >= 0.6 is 11.6 Å². The molecular formula is C19H23ClN2. The molecule has 3 heteroatoms. The second kappa shape index (κ2) is 6.21. The first-order valence-corrected chi connectivity index (χ1v) is 8.26. The van der Waals surface area contributed by atoms with Gasteiger partial charge in [0.15, 0.2) is 0 Å². The normalized spacial score (nSPS) is 18.2. The van der Waals surface area contributed by atoms with E-state index in [1.54, 1.807) is 0 Å². The van der Waals surface area contributed by atoms with Crippen LogP contribution in [0.4, 0.5) is 11.4 Å².